The van der Waals surface area contributed by atoms with Crippen LogP contribution in [-0.2, 0) is 21.4 Å². The van der Waals surface area contributed by atoms with E-state index in [4.69, 9.17) is 33.0 Å². The maximum atomic E-state index is 14.1. The number of hydrogen-bond acceptors (Lipinski definition) is 6. The van der Waals surface area contributed by atoms with E-state index in [9.17, 15) is 28.0 Å². The van der Waals surface area contributed by atoms with Gasteiger partial charge in [-0.15, -0.1) is 0 Å². The van der Waals surface area contributed by atoms with Gasteiger partial charge in [-0.05, 0) is 59.7 Å². The minimum Gasteiger partial charge on any atom is -0.481 e. The minimum absolute atomic E-state index is 0.0312. The lowest BCUT2D eigenvalue weighted by molar-refractivity contribution is -0.139. The summed E-state index contributed by atoms with van der Waals surface area (Å²) in [6.07, 6.45) is 0. The number of benzene rings is 3. The Kier molecular flexibility index (Phi) is 8.89. The van der Waals surface area contributed by atoms with Gasteiger partial charge >= 0.3 is 5.97 Å². The van der Waals surface area contributed by atoms with Gasteiger partial charge in [0.25, 0.3) is 0 Å². The molecular formula is C24H19Cl2FN2O6S. The average Bonchev–Trinajstić information content (AvgIpc) is 2.83. The Labute approximate surface area is 216 Å². The fourth-order valence-corrected chi connectivity index (χ4v) is 5.17. The van der Waals surface area contributed by atoms with Crippen molar-refractivity contribution in [3.8, 4) is 22.9 Å². The highest BCUT2D eigenvalue weighted by molar-refractivity contribution is 7.89. The SMILES string of the molecule is N#Cc1cc(F)cc(-c2cc(CN(CCO)S(=O)(=O)c3ccc(Cl)c(Cl)c3)ccc2OCC(=O)O)c1. The first-order valence-corrected chi connectivity index (χ1v) is 12.5. The van der Waals surface area contributed by atoms with E-state index in [1.807, 2.05) is 6.07 Å². The van der Waals surface area contributed by atoms with E-state index in [0.29, 0.717) is 5.56 Å². The van der Waals surface area contributed by atoms with E-state index >= 15 is 0 Å². The molecule has 0 aromatic heterocycles. The maximum absolute atomic E-state index is 14.1. The molecule has 0 saturated heterocycles. The van der Waals surface area contributed by atoms with Gasteiger partial charge in [0.2, 0.25) is 10.0 Å². The Morgan fingerprint density at radius 2 is 1.83 bits per heavy atom. The molecular weight excluding hydrogens is 534 g/mol. The van der Waals surface area contributed by atoms with Gasteiger partial charge in [0.05, 0.1) is 33.2 Å². The molecule has 0 amide bonds. The molecule has 0 spiro atoms. The number of aliphatic hydroxyl groups excluding tert-OH is 1. The Hall–Kier alpha value is -3.20. The Morgan fingerprint density at radius 1 is 1.08 bits per heavy atom. The highest BCUT2D eigenvalue weighted by Crippen LogP contribution is 2.34. The number of aliphatic carboxylic acids is 1. The van der Waals surface area contributed by atoms with Crippen LogP contribution in [0.25, 0.3) is 11.1 Å². The number of carboxylic acids is 1. The van der Waals surface area contributed by atoms with E-state index in [1.165, 1.54) is 42.5 Å². The Balaban J connectivity index is 2.06. The van der Waals surface area contributed by atoms with Gasteiger partial charge in [0.1, 0.15) is 11.6 Å². The maximum Gasteiger partial charge on any atom is 0.341 e. The van der Waals surface area contributed by atoms with Crippen molar-refractivity contribution >= 4 is 39.2 Å². The fourth-order valence-electron chi connectivity index (χ4n) is 3.36. The summed E-state index contributed by atoms with van der Waals surface area (Å²) in [4.78, 5) is 10.9. The van der Waals surface area contributed by atoms with Crippen LogP contribution in [0.2, 0.25) is 10.0 Å². The van der Waals surface area contributed by atoms with Crippen LogP contribution in [-0.4, -0.2) is 48.7 Å². The van der Waals surface area contributed by atoms with Gasteiger partial charge in [-0.2, -0.15) is 9.57 Å². The van der Waals surface area contributed by atoms with Crippen molar-refractivity contribution in [1.82, 2.24) is 4.31 Å². The van der Waals surface area contributed by atoms with E-state index in [2.05, 4.69) is 0 Å². The molecule has 3 aromatic carbocycles. The molecule has 2 N–H and O–H groups in total. The molecule has 0 aliphatic rings. The molecule has 0 aliphatic carbocycles. The standard InChI is InChI=1S/C24H19Cl2FN2O6S/c25-21-3-2-19(11-22(21)26)36(33,34)29(5-6-30)13-15-1-4-23(35-14-24(31)32)20(9-15)17-7-16(12-28)8-18(27)10-17/h1-4,7-11,30H,5-6,13-14H2,(H,31,32). The van der Waals surface area contributed by atoms with Crippen LogP contribution in [0.3, 0.4) is 0 Å². The third-order valence-electron chi connectivity index (χ3n) is 4.97. The minimum atomic E-state index is -4.11. The zero-order chi connectivity index (χ0) is 26.5. The van der Waals surface area contributed by atoms with Gasteiger partial charge in [0, 0.05) is 18.7 Å². The number of sulfonamides is 1. The predicted octanol–water partition coefficient (Wildman–Crippen LogP) is 4.32. The molecule has 12 heteroatoms. The number of ether oxygens (including phenoxy) is 1. The number of halogens is 3. The zero-order valence-electron chi connectivity index (χ0n) is 18.5. The van der Waals surface area contributed by atoms with Crippen molar-refractivity contribution in [2.45, 2.75) is 11.4 Å². The largest absolute Gasteiger partial charge is 0.481 e. The summed E-state index contributed by atoms with van der Waals surface area (Å²) < 4.78 is 47.0. The third kappa shape index (κ3) is 6.51. The second-order valence-electron chi connectivity index (χ2n) is 7.49. The predicted molar refractivity (Wildman–Crippen MR) is 131 cm³/mol. The number of rotatable bonds is 10. The Bertz CT molecular complexity index is 1440. The third-order valence-corrected chi connectivity index (χ3v) is 7.55. The van der Waals surface area contributed by atoms with Crippen molar-refractivity contribution in [1.29, 1.82) is 5.26 Å². The van der Waals surface area contributed by atoms with Crippen LogP contribution in [0.15, 0.2) is 59.5 Å². The van der Waals surface area contributed by atoms with Crippen molar-refractivity contribution in [3.63, 3.8) is 0 Å². The number of hydrogen-bond donors (Lipinski definition) is 2. The molecule has 3 rings (SSSR count). The highest BCUT2D eigenvalue weighted by Gasteiger charge is 2.25. The van der Waals surface area contributed by atoms with Crippen LogP contribution < -0.4 is 4.74 Å². The number of nitriles is 1. The lowest BCUT2D eigenvalue weighted by atomic mass is 9.99. The molecule has 8 nitrogen and oxygen atoms in total. The molecule has 36 heavy (non-hydrogen) atoms. The van der Waals surface area contributed by atoms with Gasteiger partial charge < -0.3 is 14.9 Å². The van der Waals surface area contributed by atoms with Crippen molar-refractivity contribution in [3.05, 3.63) is 81.6 Å². The summed E-state index contributed by atoms with van der Waals surface area (Å²) in [5.74, 6) is -1.83. The lowest BCUT2D eigenvalue weighted by Gasteiger charge is -2.22. The molecule has 0 saturated carbocycles. The van der Waals surface area contributed by atoms with Gasteiger partial charge in [-0.1, -0.05) is 29.3 Å². The monoisotopic (exact) mass is 552 g/mol. The molecule has 188 valence electrons. The smallest absolute Gasteiger partial charge is 0.341 e. The van der Waals surface area contributed by atoms with Crippen LogP contribution in [0, 0.1) is 17.1 Å². The molecule has 0 fully saturated rings. The van der Waals surface area contributed by atoms with E-state index in [0.717, 1.165) is 16.4 Å². The lowest BCUT2D eigenvalue weighted by Crippen LogP contribution is -2.33. The van der Waals surface area contributed by atoms with E-state index in [1.54, 1.807) is 0 Å². The van der Waals surface area contributed by atoms with E-state index in [-0.39, 0.29) is 50.5 Å². The number of nitrogens with zero attached hydrogens (tertiary/aromatic N) is 2. The fraction of sp³-hybridized carbons (Fsp3) is 0.167. The van der Waals surface area contributed by atoms with Gasteiger partial charge in [0.15, 0.2) is 6.61 Å². The Morgan fingerprint density at radius 3 is 2.47 bits per heavy atom. The van der Waals surface area contributed by atoms with Crippen LogP contribution in [0.4, 0.5) is 4.39 Å². The number of aliphatic hydroxyl groups is 1. The van der Waals surface area contributed by atoms with E-state index < -0.39 is 35.0 Å². The van der Waals surface area contributed by atoms with Crippen LogP contribution in [0.1, 0.15) is 11.1 Å². The van der Waals surface area contributed by atoms with Crippen molar-refractivity contribution in [2.75, 3.05) is 19.8 Å². The van der Waals surface area contributed by atoms with Crippen LogP contribution in [0.5, 0.6) is 5.75 Å². The number of carboxylic acid groups (broad SMARTS) is 1. The quantitative estimate of drug-likeness (QED) is 0.383. The summed E-state index contributed by atoms with van der Waals surface area (Å²) in [5, 5.41) is 27.9. The first-order chi connectivity index (χ1) is 17.0. The molecule has 0 radical (unpaired) electrons. The summed E-state index contributed by atoms with van der Waals surface area (Å²) in [7, 11) is -4.11. The van der Waals surface area contributed by atoms with Gasteiger partial charge in [-0.3, -0.25) is 0 Å². The molecule has 0 atom stereocenters. The normalized spacial score (nSPS) is 11.3. The summed E-state index contributed by atoms with van der Waals surface area (Å²) in [5.41, 5.74) is 0.937. The number of carbonyl (C=O) groups is 1. The summed E-state index contributed by atoms with van der Waals surface area (Å²) in [6, 6.07) is 13.7. The first-order valence-electron chi connectivity index (χ1n) is 10.3. The molecule has 0 aliphatic heterocycles. The molecule has 0 unspecified atom stereocenters. The second kappa shape index (κ2) is 11.7. The molecule has 3 aromatic rings. The second-order valence-corrected chi connectivity index (χ2v) is 10.2. The molecule has 0 bridgehead atoms. The topological polar surface area (TPSA) is 128 Å². The zero-order valence-corrected chi connectivity index (χ0v) is 20.8. The van der Waals surface area contributed by atoms with Crippen LogP contribution >= 0.6 is 23.2 Å². The summed E-state index contributed by atoms with van der Waals surface area (Å²) >= 11 is 11.9. The highest BCUT2D eigenvalue weighted by atomic mass is 35.5. The first kappa shape index (κ1) is 27.4. The summed E-state index contributed by atoms with van der Waals surface area (Å²) in [6.45, 7) is -1.58. The van der Waals surface area contributed by atoms with Crippen molar-refractivity contribution in [2.24, 2.45) is 0 Å². The molecule has 0 heterocycles. The average molecular weight is 553 g/mol. The van der Waals surface area contributed by atoms with Crippen molar-refractivity contribution < 1.29 is 32.6 Å². The van der Waals surface area contributed by atoms with Gasteiger partial charge in [-0.25, -0.2) is 17.6 Å².